The van der Waals surface area contributed by atoms with E-state index in [-0.39, 0.29) is 12.0 Å². The second-order valence-corrected chi connectivity index (χ2v) is 11.4. The van der Waals surface area contributed by atoms with Crippen molar-refractivity contribution < 1.29 is 23.7 Å². The molecule has 2 aliphatic rings. The molecule has 1 heterocycles. The molecular weight excluding hydrogens is 540 g/mol. The van der Waals surface area contributed by atoms with Gasteiger partial charge in [-0.25, -0.2) is 0 Å². The maximum atomic E-state index is 13.0. The van der Waals surface area contributed by atoms with Crippen molar-refractivity contribution in [3.8, 4) is 5.75 Å². The minimum Gasteiger partial charge on any atom is -0.497 e. The van der Waals surface area contributed by atoms with Crippen LogP contribution in [0.25, 0.3) is 0 Å². The van der Waals surface area contributed by atoms with Crippen LogP contribution in [0, 0.1) is 0 Å². The molecule has 1 aliphatic carbocycles. The summed E-state index contributed by atoms with van der Waals surface area (Å²) in [5.74, 6) is 0.0840. The number of ether oxygens (including phenoxy) is 4. The van der Waals surface area contributed by atoms with Crippen molar-refractivity contribution >= 4 is 5.97 Å². The van der Waals surface area contributed by atoms with Gasteiger partial charge in [0.25, 0.3) is 0 Å². The number of methoxy groups -OCH3 is 2. The number of benzene rings is 3. The Balaban J connectivity index is 1.38. The molecule has 5 rings (SSSR count). The summed E-state index contributed by atoms with van der Waals surface area (Å²) in [6, 6.07) is 28.7. The van der Waals surface area contributed by atoms with Gasteiger partial charge in [-0.15, -0.1) is 0 Å². The zero-order valence-corrected chi connectivity index (χ0v) is 25.4. The molecule has 3 aromatic carbocycles. The molecule has 0 unspecified atom stereocenters. The lowest BCUT2D eigenvalue weighted by Crippen LogP contribution is -2.48. The first-order valence-electron chi connectivity index (χ1n) is 15.3. The lowest BCUT2D eigenvalue weighted by molar-refractivity contribution is -0.161. The van der Waals surface area contributed by atoms with E-state index in [4.69, 9.17) is 18.9 Å². The third kappa shape index (κ3) is 8.77. The molecule has 3 aromatic rings. The number of nitrogens with zero attached hydrogens (tertiary/aromatic N) is 1. The first kappa shape index (κ1) is 31.0. The molecule has 0 saturated carbocycles. The number of carbonyl (C=O) groups is 1. The topological polar surface area (TPSA) is 69.3 Å². The Kier molecular flexibility index (Phi) is 11.0. The Morgan fingerprint density at radius 3 is 2.02 bits per heavy atom. The summed E-state index contributed by atoms with van der Waals surface area (Å²) in [7, 11) is 3.11. The fourth-order valence-electron chi connectivity index (χ4n) is 6.04. The highest BCUT2D eigenvalue weighted by Crippen LogP contribution is 2.36. The van der Waals surface area contributed by atoms with Crippen LogP contribution < -0.4 is 10.1 Å². The maximum Gasteiger partial charge on any atom is 0.323 e. The van der Waals surface area contributed by atoms with Crippen LogP contribution in [-0.4, -0.2) is 62.7 Å². The highest BCUT2D eigenvalue weighted by atomic mass is 16.7. The number of rotatable bonds is 14. The normalized spacial score (nSPS) is 17.4. The van der Waals surface area contributed by atoms with Gasteiger partial charge in [0, 0.05) is 38.5 Å². The predicted molar refractivity (Wildman–Crippen MR) is 168 cm³/mol. The van der Waals surface area contributed by atoms with Gasteiger partial charge < -0.3 is 24.3 Å². The van der Waals surface area contributed by atoms with Crippen molar-refractivity contribution in [3.63, 3.8) is 0 Å². The van der Waals surface area contributed by atoms with E-state index in [1.807, 2.05) is 24.3 Å². The standard InChI is InChI=1S/C36H44N2O5/c1-40-33-15-13-28(14-16-33)24-34(35(39)41-2)37-25-32(23-29-17-19-36(20-18-29)42-21-22-43-36)38(26-30-9-5-3-6-10-30)27-31-11-7-4-8-12-31/h3-17,32,34,37H,18-27H2,1-2H3/t32-,34-/m0/s1. The monoisotopic (exact) mass is 584 g/mol. The minimum absolute atomic E-state index is 0.133. The Morgan fingerprint density at radius 1 is 0.860 bits per heavy atom. The summed E-state index contributed by atoms with van der Waals surface area (Å²) < 4.78 is 22.5. The fraction of sp³-hybridized carbons (Fsp3) is 0.417. The van der Waals surface area contributed by atoms with E-state index in [0.29, 0.717) is 26.2 Å². The molecule has 1 aliphatic heterocycles. The summed E-state index contributed by atoms with van der Waals surface area (Å²) in [6.07, 6.45) is 6.33. The van der Waals surface area contributed by atoms with Gasteiger partial charge in [-0.3, -0.25) is 9.69 Å². The van der Waals surface area contributed by atoms with Gasteiger partial charge in [0.15, 0.2) is 5.79 Å². The smallest absolute Gasteiger partial charge is 0.323 e. The Hall–Kier alpha value is -3.49. The van der Waals surface area contributed by atoms with E-state index in [9.17, 15) is 4.79 Å². The number of esters is 1. The largest absolute Gasteiger partial charge is 0.497 e. The van der Waals surface area contributed by atoms with Gasteiger partial charge in [0.05, 0.1) is 27.4 Å². The lowest BCUT2D eigenvalue weighted by atomic mass is 9.89. The van der Waals surface area contributed by atoms with Gasteiger partial charge >= 0.3 is 5.97 Å². The van der Waals surface area contributed by atoms with Crippen molar-refractivity contribution in [2.45, 2.75) is 63.1 Å². The molecule has 7 nitrogen and oxygen atoms in total. The van der Waals surface area contributed by atoms with Gasteiger partial charge in [-0.05, 0) is 48.1 Å². The molecule has 0 aromatic heterocycles. The third-order valence-electron chi connectivity index (χ3n) is 8.50. The lowest BCUT2D eigenvalue weighted by Gasteiger charge is -2.36. The molecule has 1 spiro atoms. The second kappa shape index (κ2) is 15.3. The number of hydrogen-bond acceptors (Lipinski definition) is 7. The fourth-order valence-corrected chi connectivity index (χ4v) is 6.04. The quantitative estimate of drug-likeness (QED) is 0.193. The van der Waals surface area contributed by atoms with Crippen LogP contribution in [0.1, 0.15) is 42.4 Å². The molecule has 0 radical (unpaired) electrons. The van der Waals surface area contributed by atoms with Crippen LogP contribution in [0.15, 0.2) is 96.6 Å². The maximum absolute atomic E-state index is 13.0. The van der Waals surface area contributed by atoms with Crippen LogP contribution in [0.5, 0.6) is 5.75 Å². The van der Waals surface area contributed by atoms with E-state index in [0.717, 1.165) is 50.1 Å². The first-order chi connectivity index (χ1) is 21.1. The van der Waals surface area contributed by atoms with Crippen LogP contribution in [0.2, 0.25) is 0 Å². The molecule has 1 saturated heterocycles. The molecule has 43 heavy (non-hydrogen) atoms. The van der Waals surface area contributed by atoms with Gasteiger partial charge in [0.2, 0.25) is 0 Å². The van der Waals surface area contributed by atoms with Crippen LogP contribution in [-0.2, 0) is 38.5 Å². The summed E-state index contributed by atoms with van der Waals surface area (Å²) in [5.41, 5.74) is 4.97. The Labute approximate surface area is 255 Å². The summed E-state index contributed by atoms with van der Waals surface area (Å²) >= 11 is 0. The SMILES string of the molecule is COC(=O)[C@H](Cc1ccc(OC)cc1)NC[C@H](CC1=CCC2(CC1)OCCO2)N(Cc1ccccc1)Cc1ccccc1. The van der Waals surface area contributed by atoms with Crippen molar-refractivity contribution in [3.05, 3.63) is 113 Å². The average Bonchev–Trinajstić information content (AvgIpc) is 3.51. The summed E-state index contributed by atoms with van der Waals surface area (Å²) in [5, 5.41) is 3.61. The summed E-state index contributed by atoms with van der Waals surface area (Å²) in [6.45, 7) is 3.56. The molecular formula is C36H44N2O5. The van der Waals surface area contributed by atoms with Crippen molar-refractivity contribution in [2.75, 3.05) is 34.0 Å². The van der Waals surface area contributed by atoms with Crippen molar-refractivity contribution in [1.82, 2.24) is 10.2 Å². The Morgan fingerprint density at radius 2 is 1.49 bits per heavy atom. The zero-order chi connectivity index (χ0) is 29.9. The van der Waals surface area contributed by atoms with E-state index in [1.165, 1.54) is 23.8 Å². The highest BCUT2D eigenvalue weighted by molar-refractivity contribution is 5.76. The van der Waals surface area contributed by atoms with Gasteiger partial charge in [0.1, 0.15) is 11.8 Å². The van der Waals surface area contributed by atoms with Crippen LogP contribution in [0.3, 0.4) is 0 Å². The second-order valence-electron chi connectivity index (χ2n) is 11.4. The highest BCUT2D eigenvalue weighted by Gasteiger charge is 2.38. The van der Waals surface area contributed by atoms with Crippen molar-refractivity contribution in [2.24, 2.45) is 0 Å². The van der Waals surface area contributed by atoms with Gasteiger partial charge in [-0.2, -0.15) is 0 Å². The van der Waals surface area contributed by atoms with Crippen LogP contribution in [0.4, 0.5) is 0 Å². The average molecular weight is 585 g/mol. The third-order valence-corrected chi connectivity index (χ3v) is 8.50. The van der Waals surface area contributed by atoms with Crippen molar-refractivity contribution in [1.29, 1.82) is 0 Å². The van der Waals surface area contributed by atoms with E-state index in [1.54, 1.807) is 7.11 Å². The summed E-state index contributed by atoms with van der Waals surface area (Å²) in [4.78, 5) is 15.5. The predicted octanol–water partition coefficient (Wildman–Crippen LogP) is 5.68. The molecule has 2 atom stereocenters. The Bertz CT molecular complexity index is 1260. The van der Waals surface area contributed by atoms with E-state index in [2.05, 4.69) is 77.0 Å². The number of hydrogen-bond donors (Lipinski definition) is 1. The number of nitrogens with one attached hydrogen (secondary N) is 1. The molecule has 0 amide bonds. The minimum atomic E-state index is -0.472. The molecule has 228 valence electrons. The molecule has 0 bridgehead atoms. The molecule has 7 heteroatoms. The van der Waals surface area contributed by atoms with E-state index >= 15 is 0 Å². The molecule has 1 N–H and O–H groups in total. The molecule has 1 fully saturated rings. The van der Waals surface area contributed by atoms with E-state index < -0.39 is 11.8 Å². The van der Waals surface area contributed by atoms with Gasteiger partial charge in [-0.1, -0.05) is 84.4 Å². The number of carbonyl (C=O) groups excluding carboxylic acids is 1. The first-order valence-corrected chi connectivity index (χ1v) is 15.3. The zero-order valence-electron chi connectivity index (χ0n) is 25.4. The van der Waals surface area contributed by atoms with Crippen LogP contribution >= 0.6 is 0 Å².